The van der Waals surface area contributed by atoms with Crippen LogP contribution in [0.5, 0.6) is 0 Å². The van der Waals surface area contributed by atoms with Crippen molar-refractivity contribution >= 4 is 28.6 Å². The molecule has 0 aliphatic heterocycles. The molecule has 1 N–H and O–H groups in total. The van der Waals surface area contributed by atoms with Crippen molar-refractivity contribution in [3.05, 3.63) is 35.0 Å². The normalized spacial score (nSPS) is 11.1. The second-order valence-electron chi connectivity index (χ2n) is 4.60. The number of aromatic carboxylic acids is 1. The van der Waals surface area contributed by atoms with Crippen LogP contribution in [-0.2, 0) is 6.54 Å². The maximum absolute atomic E-state index is 11.0. The molecule has 0 spiro atoms. The molecule has 2 rings (SSSR count). The molecule has 3 nitrogen and oxygen atoms in total. The van der Waals surface area contributed by atoms with E-state index in [1.165, 1.54) is 11.3 Å². The zero-order valence-electron chi connectivity index (χ0n) is 11.6. The Hall–Kier alpha value is -1.42. The zero-order valence-corrected chi connectivity index (χ0v) is 12.4. The number of carboxylic acids is 1. The molecule has 0 saturated carbocycles. The van der Waals surface area contributed by atoms with Crippen LogP contribution < -0.4 is 0 Å². The van der Waals surface area contributed by atoms with Gasteiger partial charge in [0.2, 0.25) is 0 Å². The van der Waals surface area contributed by atoms with Crippen LogP contribution in [-0.4, -0.2) is 27.1 Å². The lowest BCUT2D eigenvalue weighted by Gasteiger charge is -2.07. The van der Waals surface area contributed by atoms with Gasteiger partial charge in [0.15, 0.2) is 0 Å². The lowest BCUT2D eigenvalue weighted by atomic mass is 10.1. The van der Waals surface area contributed by atoms with E-state index in [4.69, 9.17) is 5.11 Å². The standard InChI is InChI=1S/C15H19NO2S/c1-4-19-8-7-16-11(3)10(2)13-9-12(15(17)18)5-6-14(13)16/h5-6,9H,4,7-8H2,1-3H3,(H,17,18). The van der Waals surface area contributed by atoms with Gasteiger partial charge >= 0.3 is 5.97 Å². The fourth-order valence-electron chi connectivity index (χ4n) is 2.37. The minimum atomic E-state index is -0.867. The van der Waals surface area contributed by atoms with E-state index in [1.54, 1.807) is 12.1 Å². The SMILES string of the molecule is CCSCCn1c(C)c(C)c2cc(C(=O)O)ccc21. The van der Waals surface area contributed by atoms with E-state index in [1.807, 2.05) is 17.8 Å². The van der Waals surface area contributed by atoms with Crippen molar-refractivity contribution < 1.29 is 9.90 Å². The van der Waals surface area contributed by atoms with E-state index >= 15 is 0 Å². The average molecular weight is 277 g/mol. The first-order valence-electron chi connectivity index (χ1n) is 6.46. The molecule has 1 aromatic heterocycles. The minimum absolute atomic E-state index is 0.357. The summed E-state index contributed by atoms with van der Waals surface area (Å²) in [6.07, 6.45) is 0. The molecule has 0 unspecified atom stereocenters. The second-order valence-corrected chi connectivity index (χ2v) is 5.99. The second kappa shape index (κ2) is 5.70. The highest BCUT2D eigenvalue weighted by atomic mass is 32.2. The molecular formula is C15H19NO2S. The van der Waals surface area contributed by atoms with Gasteiger partial charge in [-0.2, -0.15) is 11.8 Å². The Morgan fingerprint density at radius 3 is 2.74 bits per heavy atom. The monoisotopic (exact) mass is 277 g/mol. The molecule has 0 radical (unpaired) electrons. The van der Waals surface area contributed by atoms with Crippen LogP contribution in [0.3, 0.4) is 0 Å². The fourth-order valence-corrected chi connectivity index (χ4v) is 2.97. The van der Waals surface area contributed by atoms with E-state index in [2.05, 4.69) is 25.3 Å². The molecule has 0 aliphatic rings. The van der Waals surface area contributed by atoms with Crippen molar-refractivity contribution in [1.82, 2.24) is 4.57 Å². The number of aromatic nitrogens is 1. The van der Waals surface area contributed by atoms with Gasteiger partial charge in [-0.05, 0) is 43.4 Å². The zero-order chi connectivity index (χ0) is 14.0. The van der Waals surface area contributed by atoms with E-state index in [0.29, 0.717) is 5.56 Å². The van der Waals surface area contributed by atoms with Gasteiger partial charge in [-0.3, -0.25) is 0 Å². The number of rotatable bonds is 5. The number of nitrogens with zero attached hydrogens (tertiary/aromatic N) is 1. The molecule has 0 saturated heterocycles. The third kappa shape index (κ3) is 2.63. The summed E-state index contributed by atoms with van der Waals surface area (Å²) >= 11 is 1.92. The average Bonchev–Trinajstić information content (AvgIpc) is 2.63. The third-order valence-corrected chi connectivity index (χ3v) is 4.43. The molecule has 19 heavy (non-hydrogen) atoms. The van der Waals surface area contributed by atoms with Gasteiger partial charge < -0.3 is 9.67 Å². The topological polar surface area (TPSA) is 42.2 Å². The van der Waals surface area contributed by atoms with Crippen LogP contribution in [0.25, 0.3) is 10.9 Å². The molecule has 2 aromatic rings. The van der Waals surface area contributed by atoms with Gasteiger partial charge in [0, 0.05) is 28.9 Å². The van der Waals surface area contributed by atoms with Crippen LogP contribution in [0.1, 0.15) is 28.5 Å². The number of fused-ring (bicyclic) bond motifs is 1. The van der Waals surface area contributed by atoms with Crippen molar-refractivity contribution in [2.75, 3.05) is 11.5 Å². The maximum atomic E-state index is 11.0. The summed E-state index contributed by atoms with van der Waals surface area (Å²) in [5.74, 6) is 1.34. The number of carbonyl (C=O) groups is 1. The van der Waals surface area contributed by atoms with E-state index in [0.717, 1.165) is 29.0 Å². The highest BCUT2D eigenvalue weighted by Crippen LogP contribution is 2.26. The first-order valence-corrected chi connectivity index (χ1v) is 7.62. The van der Waals surface area contributed by atoms with E-state index < -0.39 is 5.97 Å². The van der Waals surface area contributed by atoms with Crippen molar-refractivity contribution in [3.8, 4) is 0 Å². The number of aryl methyl sites for hydroxylation is 2. The fraction of sp³-hybridized carbons (Fsp3) is 0.400. The number of hydrogen-bond donors (Lipinski definition) is 1. The van der Waals surface area contributed by atoms with Gasteiger partial charge in [0.05, 0.1) is 5.56 Å². The quantitative estimate of drug-likeness (QED) is 0.847. The van der Waals surface area contributed by atoms with E-state index in [9.17, 15) is 4.79 Å². The summed E-state index contributed by atoms with van der Waals surface area (Å²) in [5, 5.41) is 10.1. The smallest absolute Gasteiger partial charge is 0.335 e. The van der Waals surface area contributed by atoms with Crippen molar-refractivity contribution in [1.29, 1.82) is 0 Å². The van der Waals surface area contributed by atoms with E-state index in [-0.39, 0.29) is 0 Å². The number of hydrogen-bond acceptors (Lipinski definition) is 2. The molecule has 0 atom stereocenters. The third-order valence-electron chi connectivity index (χ3n) is 3.55. The molecule has 1 heterocycles. The number of benzene rings is 1. The van der Waals surface area contributed by atoms with Crippen molar-refractivity contribution in [3.63, 3.8) is 0 Å². The van der Waals surface area contributed by atoms with Gasteiger partial charge in [0.1, 0.15) is 0 Å². The summed E-state index contributed by atoms with van der Waals surface area (Å²) < 4.78 is 2.29. The predicted molar refractivity (Wildman–Crippen MR) is 81.4 cm³/mol. The molecule has 4 heteroatoms. The summed E-state index contributed by atoms with van der Waals surface area (Å²) in [7, 11) is 0. The number of thioether (sulfide) groups is 1. The first-order chi connectivity index (χ1) is 9.06. The Morgan fingerprint density at radius 1 is 1.37 bits per heavy atom. The predicted octanol–water partition coefficient (Wildman–Crippen LogP) is 3.71. The van der Waals surface area contributed by atoms with Gasteiger partial charge in [-0.25, -0.2) is 4.79 Å². The highest BCUT2D eigenvalue weighted by molar-refractivity contribution is 7.99. The lowest BCUT2D eigenvalue weighted by Crippen LogP contribution is -2.03. The molecule has 1 aromatic carbocycles. The van der Waals surface area contributed by atoms with Crippen LogP contribution >= 0.6 is 11.8 Å². The molecular weight excluding hydrogens is 258 g/mol. The van der Waals surface area contributed by atoms with Crippen LogP contribution in [0, 0.1) is 13.8 Å². The summed E-state index contributed by atoms with van der Waals surface area (Å²) in [4.78, 5) is 11.0. The molecule has 0 fully saturated rings. The molecule has 0 bridgehead atoms. The van der Waals surface area contributed by atoms with Crippen molar-refractivity contribution in [2.45, 2.75) is 27.3 Å². The van der Waals surface area contributed by atoms with Gasteiger partial charge in [-0.15, -0.1) is 0 Å². The largest absolute Gasteiger partial charge is 0.478 e. The lowest BCUT2D eigenvalue weighted by molar-refractivity contribution is 0.0697. The summed E-state index contributed by atoms with van der Waals surface area (Å²) in [6, 6.07) is 5.39. The number of carboxylic acid groups (broad SMARTS) is 1. The summed E-state index contributed by atoms with van der Waals surface area (Å²) in [6.45, 7) is 7.30. The molecule has 0 amide bonds. The Bertz CT molecular complexity index is 616. The maximum Gasteiger partial charge on any atom is 0.335 e. The Kier molecular flexibility index (Phi) is 4.20. The highest BCUT2D eigenvalue weighted by Gasteiger charge is 2.13. The van der Waals surface area contributed by atoms with Crippen molar-refractivity contribution in [2.24, 2.45) is 0 Å². The first kappa shape index (κ1) is 14.0. The Balaban J connectivity index is 2.47. The Labute approximate surface area is 117 Å². The van der Waals surface area contributed by atoms with Crippen LogP contribution in [0.2, 0.25) is 0 Å². The van der Waals surface area contributed by atoms with Crippen LogP contribution in [0.15, 0.2) is 18.2 Å². The minimum Gasteiger partial charge on any atom is -0.478 e. The van der Waals surface area contributed by atoms with Gasteiger partial charge in [0.25, 0.3) is 0 Å². The Morgan fingerprint density at radius 2 is 2.11 bits per heavy atom. The van der Waals surface area contributed by atoms with Gasteiger partial charge in [-0.1, -0.05) is 6.92 Å². The van der Waals surface area contributed by atoms with Crippen LogP contribution in [0.4, 0.5) is 0 Å². The molecule has 102 valence electrons. The summed E-state index contributed by atoms with van der Waals surface area (Å²) in [5.41, 5.74) is 3.90. The molecule has 0 aliphatic carbocycles.